The van der Waals surface area contributed by atoms with Crippen molar-refractivity contribution in [3.8, 4) is 23.0 Å². The third-order valence-electron chi connectivity index (χ3n) is 3.68. The first-order chi connectivity index (χ1) is 14.3. The van der Waals surface area contributed by atoms with E-state index in [1.54, 1.807) is 36.4 Å². The molecule has 9 heteroatoms. The molecule has 0 bridgehead atoms. The molecular formula is C21H20N3O6-. The molecule has 2 N–H and O–H groups in total. The van der Waals surface area contributed by atoms with Gasteiger partial charge in [0.1, 0.15) is 0 Å². The average Bonchev–Trinajstić information content (AvgIpc) is 2.73. The number of ketones is 2. The number of nitrogens with zero attached hydrogens (tertiary/aromatic N) is 3. The summed E-state index contributed by atoms with van der Waals surface area (Å²) in [6.45, 7) is 0. The molecule has 0 radical (unpaired) electrons. The predicted molar refractivity (Wildman–Crippen MR) is 112 cm³/mol. The van der Waals surface area contributed by atoms with Gasteiger partial charge >= 0.3 is 0 Å². The van der Waals surface area contributed by atoms with Crippen LogP contribution < -0.4 is 9.47 Å². The van der Waals surface area contributed by atoms with Crippen LogP contribution in [0.15, 0.2) is 48.6 Å². The van der Waals surface area contributed by atoms with Gasteiger partial charge in [0.25, 0.3) is 0 Å². The molecule has 0 saturated heterocycles. The maximum atomic E-state index is 11.9. The van der Waals surface area contributed by atoms with Crippen LogP contribution in [0.2, 0.25) is 0 Å². The largest absolute Gasteiger partial charge is 0.504 e. The van der Waals surface area contributed by atoms with E-state index < -0.39 is 0 Å². The first-order valence-electron chi connectivity index (χ1n) is 8.48. The lowest BCUT2D eigenvalue weighted by Gasteiger charge is -2.03. The number of phenolic OH excluding ortho intramolecular Hbond substituents is 2. The van der Waals surface area contributed by atoms with Crippen LogP contribution in [0.4, 0.5) is 0 Å². The van der Waals surface area contributed by atoms with E-state index in [-0.39, 0.29) is 29.5 Å². The van der Waals surface area contributed by atoms with Crippen LogP contribution in [-0.4, -0.2) is 36.0 Å². The second-order valence-corrected chi connectivity index (χ2v) is 5.73. The highest BCUT2D eigenvalue weighted by molar-refractivity contribution is 6.10. The maximum Gasteiger partial charge on any atom is 0.163 e. The number of hydrogen-bond acceptors (Lipinski definition) is 6. The minimum Gasteiger partial charge on any atom is -0.504 e. The van der Waals surface area contributed by atoms with E-state index in [2.05, 4.69) is 0 Å². The summed E-state index contributed by atoms with van der Waals surface area (Å²) >= 11 is 0. The van der Waals surface area contributed by atoms with Crippen LogP contribution in [0.1, 0.15) is 17.5 Å². The van der Waals surface area contributed by atoms with Gasteiger partial charge in [0.2, 0.25) is 0 Å². The van der Waals surface area contributed by atoms with Crippen LogP contribution in [0, 0.1) is 0 Å². The molecule has 0 unspecified atom stereocenters. The van der Waals surface area contributed by atoms with Crippen LogP contribution >= 0.6 is 0 Å². The van der Waals surface area contributed by atoms with Crippen LogP contribution in [-0.2, 0) is 9.59 Å². The zero-order chi connectivity index (χ0) is 22.5. The fourth-order valence-electron chi connectivity index (χ4n) is 2.26. The molecule has 0 aliphatic carbocycles. The van der Waals surface area contributed by atoms with Gasteiger partial charge < -0.3 is 30.7 Å². The van der Waals surface area contributed by atoms with E-state index in [9.17, 15) is 19.8 Å². The Labute approximate surface area is 172 Å². The number of allylic oxidation sites excluding steroid dienone is 2. The van der Waals surface area contributed by atoms with Crippen molar-refractivity contribution in [1.29, 1.82) is 0 Å². The van der Waals surface area contributed by atoms with E-state index in [0.29, 0.717) is 22.6 Å². The van der Waals surface area contributed by atoms with E-state index in [0.717, 1.165) is 0 Å². The zero-order valence-electron chi connectivity index (χ0n) is 16.3. The second-order valence-electron chi connectivity index (χ2n) is 5.73. The highest BCUT2D eigenvalue weighted by Gasteiger charge is 2.06. The van der Waals surface area contributed by atoms with Gasteiger partial charge in [-0.25, -0.2) is 0 Å². The molecule has 0 spiro atoms. The number of methoxy groups -OCH3 is 2. The number of carbonyl (C=O) groups is 2. The lowest BCUT2D eigenvalue weighted by Crippen LogP contribution is -2.01. The molecule has 2 rings (SSSR count). The number of rotatable bonds is 8. The fraction of sp³-hybridized carbons (Fsp3) is 0.143. The van der Waals surface area contributed by atoms with Crippen molar-refractivity contribution in [1.82, 2.24) is 0 Å². The van der Waals surface area contributed by atoms with Crippen LogP contribution in [0.25, 0.3) is 28.1 Å². The Hall–Kier alpha value is -4.23. The third-order valence-corrected chi connectivity index (χ3v) is 3.68. The minimum absolute atomic E-state index is 0.00662. The standard InChI is InChI=1S/C21H20O6.N3/c1-26-20-11-14(5-9-18(20)24)3-7-16(22)13-17(23)8-4-15-6-10-19(25)21(12-15)27-2;1-3-2/h3-12,24-25H,13H2,1-2H3;/q;-1/b7-3+,8-4+;. The molecule has 156 valence electrons. The molecule has 0 fully saturated rings. The number of benzene rings is 2. The zero-order valence-corrected chi connectivity index (χ0v) is 16.3. The number of ether oxygens (including phenoxy) is 2. The van der Waals surface area contributed by atoms with Gasteiger partial charge in [0, 0.05) is 0 Å². The summed E-state index contributed by atoms with van der Waals surface area (Å²) in [7, 11) is 2.87. The van der Waals surface area contributed by atoms with Crippen molar-refractivity contribution in [2.45, 2.75) is 6.42 Å². The molecule has 2 aromatic rings. The number of aromatic hydroxyl groups is 2. The lowest BCUT2D eigenvalue weighted by atomic mass is 10.1. The molecule has 2 aromatic carbocycles. The number of hydrogen-bond donors (Lipinski definition) is 2. The van der Waals surface area contributed by atoms with E-state index in [1.807, 2.05) is 0 Å². The van der Waals surface area contributed by atoms with Crippen molar-refractivity contribution in [3.05, 3.63) is 75.7 Å². The summed E-state index contributed by atoms with van der Waals surface area (Å²) in [6, 6.07) is 9.34. The molecule has 0 heterocycles. The molecule has 0 saturated carbocycles. The first-order valence-corrected chi connectivity index (χ1v) is 8.48. The van der Waals surface area contributed by atoms with E-state index >= 15 is 0 Å². The number of phenols is 2. The third kappa shape index (κ3) is 7.79. The van der Waals surface area contributed by atoms with Gasteiger partial charge in [0.05, 0.1) is 20.6 Å². The summed E-state index contributed by atoms with van der Waals surface area (Å²) in [5.74, 6) is -0.0832. The summed E-state index contributed by atoms with van der Waals surface area (Å²) in [5.41, 5.74) is 14.8. The Morgan fingerprint density at radius 3 is 1.57 bits per heavy atom. The molecule has 0 amide bonds. The van der Waals surface area contributed by atoms with Crippen molar-refractivity contribution in [2.24, 2.45) is 0 Å². The molecule has 30 heavy (non-hydrogen) atoms. The molecular weight excluding hydrogens is 390 g/mol. The smallest absolute Gasteiger partial charge is 0.163 e. The van der Waals surface area contributed by atoms with Gasteiger partial charge in [0.15, 0.2) is 34.6 Å². The maximum absolute atomic E-state index is 11.9. The Morgan fingerprint density at radius 2 is 1.23 bits per heavy atom. The molecule has 9 nitrogen and oxygen atoms in total. The van der Waals surface area contributed by atoms with Gasteiger partial charge in [-0.05, 0) is 47.5 Å². The van der Waals surface area contributed by atoms with Gasteiger partial charge in [-0.2, -0.15) is 0 Å². The average molecular weight is 410 g/mol. The Kier molecular flexibility index (Phi) is 9.74. The Bertz CT molecular complexity index is 919. The van der Waals surface area contributed by atoms with Crippen molar-refractivity contribution in [2.75, 3.05) is 14.2 Å². The van der Waals surface area contributed by atoms with Crippen molar-refractivity contribution >= 4 is 23.7 Å². The molecule has 0 atom stereocenters. The summed E-state index contributed by atoms with van der Waals surface area (Å²) in [6.07, 6.45) is 5.44. The Morgan fingerprint density at radius 1 is 0.867 bits per heavy atom. The quantitative estimate of drug-likeness (QED) is 0.218. The summed E-state index contributed by atoms with van der Waals surface area (Å²) in [5, 5.41) is 19.1. The van der Waals surface area contributed by atoms with Crippen LogP contribution in [0.5, 0.6) is 23.0 Å². The summed E-state index contributed by atoms with van der Waals surface area (Å²) < 4.78 is 10.00. The number of carbonyl (C=O) groups excluding carboxylic acids is 2. The second kappa shape index (κ2) is 12.3. The SMILES string of the molecule is COc1cc(/C=C/C(=O)CC(=O)/C=C/c2ccc(O)c(OC)c2)ccc1O.[N-]=[N+]=[N-]. The molecule has 0 aliphatic rings. The van der Waals surface area contributed by atoms with Crippen molar-refractivity contribution < 1.29 is 29.3 Å². The molecule has 0 aromatic heterocycles. The summed E-state index contributed by atoms with van der Waals surface area (Å²) in [4.78, 5) is 25.4. The highest BCUT2D eigenvalue weighted by Crippen LogP contribution is 2.27. The monoisotopic (exact) mass is 410 g/mol. The van der Waals surface area contributed by atoms with E-state index in [1.165, 1.54) is 43.4 Å². The lowest BCUT2D eigenvalue weighted by molar-refractivity contribution is -0.121. The Balaban J connectivity index is 0.00000141. The van der Waals surface area contributed by atoms with Gasteiger partial charge in [-0.1, -0.05) is 24.3 Å². The first kappa shape index (κ1) is 23.8. The van der Waals surface area contributed by atoms with Crippen LogP contribution in [0.3, 0.4) is 0 Å². The van der Waals surface area contributed by atoms with Gasteiger partial charge in [-0.3, -0.25) is 14.5 Å². The normalized spacial score (nSPS) is 10.2. The molecule has 0 aliphatic heterocycles. The topological polar surface area (TPSA) is 152 Å². The van der Waals surface area contributed by atoms with Crippen molar-refractivity contribution in [3.63, 3.8) is 0 Å². The minimum atomic E-state index is -0.347. The predicted octanol–water partition coefficient (Wildman–Crippen LogP) is 4.24. The highest BCUT2D eigenvalue weighted by atomic mass is 16.5. The fourth-order valence-corrected chi connectivity index (χ4v) is 2.26. The van der Waals surface area contributed by atoms with E-state index in [4.69, 9.17) is 20.5 Å². The van der Waals surface area contributed by atoms with Gasteiger partial charge in [-0.15, -0.1) is 0 Å².